The van der Waals surface area contributed by atoms with Crippen molar-refractivity contribution in [2.24, 2.45) is 0 Å². The normalized spacial score (nSPS) is 17.1. The molecule has 0 bridgehead atoms. The minimum Gasteiger partial charge on any atom is -0.389 e. The van der Waals surface area contributed by atoms with E-state index in [1.165, 1.54) is 12.1 Å². The monoisotopic (exact) mass is 487 g/mol. The smallest absolute Gasteiger partial charge is 0.253 e. The predicted molar refractivity (Wildman–Crippen MR) is 131 cm³/mol. The van der Waals surface area contributed by atoms with Gasteiger partial charge in [0.05, 0.1) is 12.1 Å². The van der Waals surface area contributed by atoms with E-state index in [2.05, 4.69) is 10.6 Å². The van der Waals surface area contributed by atoms with E-state index in [0.717, 1.165) is 38.3 Å². The number of hydrogen-bond donors (Lipinski definition) is 3. The molecule has 1 unspecified atom stereocenters. The highest BCUT2D eigenvalue weighted by Gasteiger charge is 2.31. The van der Waals surface area contributed by atoms with Gasteiger partial charge in [0.2, 0.25) is 0 Å². The fourth-order valence-electron chi connectivity index (χ4n) is 4.61. The lowest BCUT2D eigenvalue weighted by Crippen LogP contribution is -2.52. The number of aliphatic hydroxyl groups is 1. The Morgan fingerprint density at radius 2 is 1.74 bits per heavy atom. The number of nitrogens with zero attached hydrogens (tertiary/aromatic N) is 1. The fraction of sp³-hybridized carbons (Fsp3) is 0.481. The zero-order valence-electron chi connectivity index (χ0n) is 20.4. The Bertz CT molecular complexity index is 985. The lowest BCUT2D eigenvalue weighted by atomic mass is 9.95. The van der Waals surface area contributed by atoms with Crippen molar-refractivity contribution in [2.45, 2.75) is 64.1 Å². The third-order valence-electron chi connectivity index (χ3n) is 6.26. The average Bonchev–Trinajstić information content (AvgIpc) is 3.37. The van der Waals surface area contributed by atoms with Crippen molar-refractivity contribution in [3.63, 3.8) is 0 Å². The Labute approximate surface area is 205 Å². The number of hydrogen-bond acceptors (Lipinski definition) is 4. The van der Waals surface area contributed by atoms with Crippen molar-refractivity contribution < 1.29 is 23.5 Å². The van der Waals surface area contributed by atoms with Crippen molar-refractivity contribution in [1.29, 1.82) is 0 Å². The van der Waals surface area contributed by atoms with E-state index in [0.29, 0.717) is 24.2 Å². The number of carbonyl (C=O) groups excluding carboxylic acids is 2. The molecule has 8 heteroatoms. The van der Waals surface area contributed by atoms with E-state index >= 15 is 0 Å². The molecule has 0 spiro atoms. The molecule has 0 radical (unpaired) electrons. The van der Waals surface area contributed by atoms with Crippen LogP contribution < -0.4 is 10.6 Å². The molecule has 2 amide bonds. The Balaban J connectivity index is 1.81. The van der Waals surface area contributed by atoms with Crippen LogP contribution in [0.1, 0.15) is 65.8 Å². The van der Waals surface area contributed by atoms with Crippen LogP contribution in [0.5, 0.6) is 0 Å². The van der Waals surface area contributed by atoms with E-state index in [1.54, 1.807) is 29.2 Å². The molecule has 2 aromatic rings. The van der Waals surface area contributed by atoms with Crippen molar-refractivity contribution in [3.05, 3.63) is 70.8 Å². The summed E-state index contributed by atoms with van der Waals surface area (Å²) in [5, 5.41) is 17.1. The van der Waals surface area contributed by atoms with Crippen LogP contribution in [0.2, 0.25) is 0 Å². The van der Waals surface area contributed by atoms with Gasteiger partial charge in [0.1, 0.15) is 11.6 Å². The zero-order valence-corrected chi connectivity index (χ0v) is 20.4. The van der Waals surface area contributed by atoms with Gasteiger partial charge in [-0.25, -0.2) is 8.78 Å². The standard InChI is InChI=1S/C27H35F2N3O3/c1-3-11-32(12-4-2)27(35)20-8-5-7-19(16-20)26(34)31-24(25(33)23-9-6-10-30-23)15-18-13-21(28)17-22(29)14-18/h5,7-8,13-14,16-17,23-25,30,33H,3-4,6,9-12,15H2,1-2H3,(H,31,34)/t23-,24?,25-/m1/s1. The summed E-state index contributed by atoms with van der Waals surface area (Å²) >= 11 is 0. The minimum atomic E-state index is -0.956. The molecule has 3 N–H and O–H groups in total. The lowest BCUT2D eigenvalue weighted by Gasteiger charge is -2.29. The SMILES string of the molecule is CCCN(CCC)C(=O)c1cccc(C(=O)NC(Cc2cc(F)cc(F)c2)[C@H](O)[C@H]2CCCN2)c1. The van der Waals surface area contributed by atoms with Crippen LogP contribution in [-0.4, -0.2) is 59.6 Å². The van der Waals surface area contributed by atoms with Gasteiger partial charge in [-0.3, -0.25) is 9.59 Å². The van der Waals surface area contributed by atoms with Gasteiger partial charge in [-0.15, -0.1) is 0 Å². The predicted octanol–water partition coefficient (Wildman–Crippen LogP) is 3.68. The number of nitrogens with one attached hydrogen (secondary N) is 2. The number of carbonyl (C=O) groups is 2. The highest BCUT2D eigenvalue weighted by molar-refractivity contribution is 5.99. The van der Waals surface area contributed by atoms with Crippen LogP contribution in [0.3, 0.4) is 0 Å². The van der Waals surface area contributed by atoms with Crippen LogP contribution in [-0.2, 0) is 6.42 Å². The maximum Gasteiger partial charge on any atom is 0.253 e. The van der Waals surface area contributed by atoms with Gasteiger partial charge in [0.15, 0.2) is 0 Å². The molecule has 0 aromatic heterocycles. The number of halogens is 2. The van der Waals surface area contributed by atoms with Gasteiger partial charge in [0, 0.05) is 36.3 Å². The number of aliphatic hydroxyl groups excluding tert-OH is 1. The number of benzene rings is 2. The van der Waals surface area contributed by atoms with Crippen molar-refractivity contribution in [2.75, 3.05) is 19.6 Å². The molecule has 3 rings (SSSR count). The molecule has 35 heavy (non-hydrogen) atoms. The second-order valence-electron chi connectivity index (χ2n) is 9.13. The molecule has 0 saturated carbocycles. The second-order valence-corrected chi connectivity index (χ2v) is 9.13. The van der Waals surface area contributed by atoms with E-state index in [9.17, 15) is 23.5 Å². The van der Waals surface area contributed by atoms with Crippen LogP contribution in [0.25, 0.3) is 0 Å². The summed E-state index contributed by atoms with van der Waals surface area (Å²) in [5.74, 6) is -2.02. The highest BCUT2D eigenvalue weighted by Crippen LogP contribution is 2.18. The zero-order chi connectivity index (χ0) is 25.4. The molecule has 190 valence electrons. The molecule has 1 heterocycles. The Morgan fingerprint density at radius 3 is 2.34 bits per heavy atom. The maximum atomic E-state index is 13.8. The first-order valence-corrected chi connectivity index (χ1v) is 12.4. The van der Waals surface area contributed by atoms with Crippen LogP contribution in [0.4, 0.5) is 8.78 Å². The maximum absolute atomic E-state index is 13.8. The fourth-order valence-corrected chi connectivity index (χ4v) is 4.61. The molecule has 0 aliphatic carbocycles. The Kier molecular flexibility index (Phi) is 9.74. The first-order chi connectivity index (χ1) is 16.8. The second kappa shape index (κ2) is 12.7. The largest absolute Gasteiger partial charge is 0.389 e. The molecule has 6 nitrogen and oxygen atoms in total. The van der Waals surface area contributed by atoms with E-state index in [-0.39, 0.29) is 23.9 Å². The average molecular weight is 488 g/mol. The summed E-state index contributed by atoms with van der Waals surface area (Å²) in [4.78, 5) is 27.9. The van der Waals surface area contributed by atoms with Crippen molar-refractivity contribution >= 4 is 11.8 Å². The summed E-state index contributed by atoms with van der Waals surface area (Å²) < 4.78 is 27.5. The third-order valence-corrected chi connectivity index (χ3v) is 6.26. The Morgan fingerprint density at radius 1 is 1.09 bits per heavy atom. The van der Waals surface area contributed by atoms with Gasteiger partial charge in [0.25, 0.3) is 11.8 Å². The quantitative estimate of drug-likeness (QED) is 0.452. The first kappa shape index (κ1) is 26.8. The van der Waals surface area contributed by atoms with Crippen LogP contribution >= 0.6 is 0 Å². The van der Waals surface area contributed by atoms with E-state index < -0.39 is 29.7 Å². The lowest BCUT2D eigenvalue weighted by molar-refractivity contribution is 0.0737. The minimum absolute atomic E-state index is 0.0547. The van der Waals surface area contributed by atoms with E-state index in [1.807, 2.05) is 13.8 Å². The molecule has 1 fully saturated rings. The topological polar surface area (TPSA) is 81.7 Å². The summed E-state index contributed by atoms with van der Waals surface area (Å²) in [7, 11) is 0. The van der Waals surface area contributed by atoms with E-state index in [4.69, 9.17) is 0 Å². The Hall–Kier alpha value is -2.84. The summed E-state index contributed by atoms with van der Waals surface area (Å²) in [6, 6.07) is 8.67. The molecular weight excluding hydrogens is 452 g/mol. The van der Waals surface area contributed by atoms with Gasteiger partial charge >= 0.3 is 0 Å². The van der Waals surface area contributed by atoms with Crippen LogP contribution in [0.15, 0.2) is 42.5 Å². The van der Waals surface area contributed by atoms with Gasteiger partial charge in [-0.1, -0.05) is 19.9 Å². The molecule has 1 saturated heterocycles. The highest BCUT2D eigenvalue weighted by atomic mass is 19.1. The first-order valence-electron chi connectivity index (χ1n) is 12.4. The molecule has 3 atom stereocenters. The van der Waals surface area contributed by atoms with Gasteiger partial charge in [-0.05, 0) is 74.5 Å². The van der Waals surface area contributed by atoms with Crippen LogP contribution in [0, 0.1) is 11.6 Å². The van der Waals surface area contributed by atoms with Gasteiger partial charge in [-0.2, -0.15) is 0 Å². The molecule has 1 aliphatic rings. The van der Waals surface area contributed by atoms with Gasteiger partial charge < -0.3 is 20.6 Å². The third kappa shape index (κ3) is 7.32. The number of amides is 2. The van der Waals surface area contributed by atoms with Crippen molar-refractivity contribution in [3.8, 4) is 0 Å². The molecule has 1 aliphatic heterocycles. The number of rotatable bonds is 11. The summed E-state index contributed by atoms with van der Waals surface area (Å²) in [5.41, 5.74) is 1.04. The molecular formula is C27H35F2N3O3. The summed E-state index contributed by atoms with van der Waals surface area (Å²) in [6.45, 7) is 6.04. The summed E-state index contributed by atoms with van der Waals surface area (Å²) in [6.07, 6.45) is 2.40. The van der Waals surface area contributed by atoms with Crippen molar-refractivity contribution in [1.82, 2.24) is 15.5 Å². The molecule has 2 aromatic carbocycles.